The molecular formula is C9H12N2O. The van der Waals surface area contributed by atoms with E-state index in [4.69, 9.17) is 4.74 Å². The molecule has 3 heteroatoms. The average molecular weight is 164 g/mol. The van der Waals surface area contributed by atoms with Crippen LogP contribution in [0.5, 0.6) is 5.75 Å². The van der Waals surface area contributed by atoms with E-state index >= 15 is 0 Å². The number of pyridine rings is 1. The number of nitrogens with one attached hydrogen (secondary N) is 1. The molecule has 1 aliphatic heterocycles. The first-order valence-corrected chi connectivity index (χ1v) is 4.25. The molecule has 2 rings (SSSR count). The van der Waals surface area contributed by atoms with Crippen molar-refractivity contribution in [1.29, 1.82) is 0 Å². The fourth-order valence-corrected chi connectivity index (χ4v) is 1.33. The molecule has 2 heterocycles. The van der Waals surface area contributed by atoms with E-state index in [1.807, 2.05) is 12.1 Å². The molecule has 3 nitrogen and oxygen atoms in total. The lowest BCUT2D eigenvalue weighted by molar-refractivity contribution is 0.187. The van der Waals surface area contributed by atoms with Gasteiger partial charge in [-0.2, -0.15) is 0 Å². The highest BCUT2D eigenvalue weighted by Crippen LogP contribution is 2.13. The number of aromatic nitrogens is 1. The van der Waals surface area contributed by atoms with Crippen molar-refractivity contribution in [1.82, 2.24) is 10.3 Å². The van der Waals surface area contributed by atoms with Gasteiger partial charge in [-0.3, -0.25) is 10.3 Å². The molecule has 1 unspecified atom stereocenters. The molecule has 0 radical (unpaired) electrons. The predicted octanol–water partition coefficient (Wildman–Crippen LogP) is 1.17. The monoisotopic (exact) mass is 164 g/mol. The van der Waals surface area contributed by atoms with Gasteiger partial charge in [-0.15, -0.1) is 0 Å². The van der Waals surface area contributed by atoms with Gasteiger partial charge in [0.2, 0.25) is 0 Å². The fraction of sp³-hybridized carbons (Fsp3) is 0.444. The second-order valence-corrected chi connectivity index (χ2v) is 2.89. The summed E-state index contributed by atoms with van der Waals surface area (Å²) in [6.45, 7) is 1.06. The minimum atomic E-state index is 0.189. The van der Waals surface area contributed by atoms with Crippen molar-refractivity contribution in [3.8, 4) is 5.75 Å². The Labute approximate surface area is 71.8 Å². The Morgan fingerprint density at radius 1 is 1.58 bits per heavy atom. The number of rotatable bonds is 2. The van der Waals surface area contributed by atoms with Crippen molar-refractivity contribution in [2.45, 2.75) is 19.1 Å². The minimum Gasteiger partial charge on any atom is -0.474 e. The van der Waals surface area contributed by atoms with Crippen molar-refractivity contribution in [2.75, 3.05) is 6.54 Å². The Bertz CT molecular complexity index is 232. The summed E-state index contributed by atoms with van der Waals surface area (Å²) < 4.78 is 5.60. The van der Waals surface area contributed by atoms with E-state index in [1.54, 1.807) is 12.4 Å². The van der Waals surface area contributed by atoms with Gasteiger partial charge in [0, 0.05) is 6.20 Å². The van der Waals surface area contributed by atoms with Crippen LogP contribution >= 0.6 is 0 Å². The largest absolute Gasteiger partial charge is 0.474 e. The zero-order valence-electron chi connectivity index (χ0n) is 6.86. The van der Waals surface area contributed by atoms with E-state index < -0.39 is 0 Å². The third kappa shape index (κ3) is 1.74. The standard InChI is InChI=1S/C9H12N2O/c1-3-8(7-10-5-1)12-9-4-2-6-11-9/h1,3,5,7,9,11H,2,4,6H2. The highest BCUT2D eigenvalue weighted by Gasteiger charge is 2.14. The summed E-state index contributed by atoms with van der Waals surface area (Å²) in [4.78, 5) is 3.97. The second-order valence-electron chi connectivity index (χ2n) is 2.89. The van der Waals surface area contributed by atoms with Gasteiger partial charge in [0.15, 0.2) is 0 Å². The first-order chi connectivity index (χ1) is 5.95. The lowest BCUT2D eigenvalue weighted by atomic mass is 10.3. The van der Waals surface area contributed by atoms with Crippen LogP contribution in [-0.4, -0.2) is 17.8 Å². The predicted molar refractivity (Wildman–Crippen MR) is 45.9 cm³/mol. The number of ether oxygens (including phenoxy) is 1. The summed E-state index contributed by atoms with van der Waals surface area (Å²) in [5, 5.41) is 3.26. The lowest BCUT2D eigenvalue weighted by Gasteiger charge is -2.12. The summed E-state index contributed by atoms with van der Waals surface area (Å²) in [5.74, 6) is 0.844. The molecule has 1 saturated heterocycles. The van der Waals surface area contributed by atoms with Crippen LogP contribution in [0.2, 0.25) is 0 Å². The van der Waals surface area contributed by atoms with Crippen molar-refractivity contribution >= 4 is 0 Å². The Morgan fingerprint density at radius 2 is 2.58 bits per heavy atom. The average Bonchev–Trinajstić information content (AvgIpc) is 2.59. The molecule has 0 amide bonds. The molecule has 0 saturated carbocycles. The molecule has 1 aliphatic rings. The third-order valence-corrected chi connectivity index (χ3v) is 1.93. The van der Waals surface area contributed by atoms with E-state index in [1.165, 1.54) is 6.42 Å². The molecule has 1 N–H and O–H groups in total. The maximum Gasteiger partial charge on any atom is 0.150 e. The Balaban J connectivity index is 1.94. The van der Waals surface area contributed by atoms with Crippen LogP contribution in [0.4, 0.5) is 0 Å². The summed E-state index contributed by atoms with van der Waals surface area (Å²) in [6, 6.07) is 3.80. The molecule has 0 bridgehead atoms. The van der Waals surface area contributed by atoms with Crippen LogP contribution in [0.1, 0.15) is 12.8 Å². The molecule has 64 valence electrons. The first-order valence-electron chi connectivity index (χ1n) is 4.25. The molecular weight excluding hydrogens is 152 g/mol. The van der Waals surface area contributed by atoms with Crippen LogP contribution in [0.15, 0.2) is 24.5 Å². The van der Waals surface area contributed by atoms with Crippen LogP contribution in [0.25, 0.3) is 0 Å². The molecule has 1 aromatic rings. The van der Waals surface area contributed by atoms with Gasteiger partial charge < -0.3 is 4.74 Å². The Hall–Kier alpha value is -1.09. The van der Waals surface area contributed by atoms with Crippen molar-refractivity contribution in [3.63, 3.8) is 0 Å². The normalized spacial score (nSPS) is 22.5. The fourth-order valence-electron chi connectivity index (χ4n) is 1.33. The molecule has 0 aromatic carbocycles. The summed E-state index contributed by atoms with van der Waals surface area (Å²) in [5.41, 5.74) is 0. The highest BCUT2D eigenvalue weighted by atomic mass is 16.5. The zero-order valence-corrected chi connectivity index (χ0v) is 6.86. The quantitative estimate of drug-likeness (QED) is 0.712. The summed E-state index contributed by atoms with van der Waals surface area (Å²) in [7, 11) is 0. The van der Waals surface area contributed by atoms with Crippen molar-refractivity contribution in [2.24, 2.45) is 0 Å². The second kappa shape index (κ2) is 3.54. The maximum atomic E-state index is 5.60. The molecule has 12 heavy (non-hydrogen) atoms. The third-order valence-electron chi connectivity index (χ3n) is 1.93. The van der Waals surface area contributed by atoms with E-state index in [2.05, 4.69) is 10.3 Å². The van der Waals surface area contributed by atoms with Gasteiger partial charge in [0.1, 0.15) is 12.0 Å². The van der Waals surface area contributed by atoms with Crippen molar-refractivity contribution in [3.05, 3.63) is 24.5 Å². The topological polar surface area (TPSA) is 34.1 Å². The van der Waals surface area contributed by atoms with Gasteiger partial charge in [-0.1, -0.05) is 0 Å². The number of hydrogen-bond acceptors (Lipinski definition) is 3. The first kappa shape index (κ1) is 7.55. The highest BCUT2D eigenvalue weighted by molar-refractivity contribution is 5.15. The zero-order chi connectivity index (χ0) is 8.23. The molecule has 1 aromatic heterocycles. The Kier molecular flexibility index (Phi) is 2.23. The van der Waals surface area contributed by atoms with Gasteiger partial charge in [0.05, 0.1) is 6.20 Å². The van der Waals surface area contributed by atoms with E-state index in [-0.39, 0.29) is 6.23 Å². The smallest absolute Gasteiger partial charge is 0.150 e. The van der Waals surface area contributed by atoms with Crippen LogP contribution in [0.3, 0.4) is 0 Å². The minimum absolute atomic E-state index is 0.189. The molecule has 0 aliphatic carbocycles. The van der Waals surface area contributed by atoms with Gasteiger partial charge >= 0.3 is 0 Å². The lowest BCUT2D eigenvalue weighted by Crippen LogP contribution is -2.27. The van der Waals surface area contributed by atoms with E-state index in [0.717, 1.165) is 18.7 Å². The van der Waals surface area contributed by atoms with Crippen LogP contribution in [0, 0.1) is 0 Å². The van der Waals surface area contributed by atoms with E-state index in [0.29, 0.717) is 0 Å². The van der Waals surface area contributed by atoms with Gasteiger partial charge in [-0.05, 0) is 31.5 Å². The Morgan fingerprint density at radius 3 is 3.25 bits per heavy atom. The maximum absolute atomic E-state index is 5.60. The number of nitrogens with zero attached hydrogens (tertiary/aromatic N) is 1. The van der Waals surface area contributed by atoms with Crippen molar-refractivity contribution < 1.29 is 4.74 Å². The number of hydrogen-bond donors (Lipinski definition) is 1. The molecule has 1 atom stereocenters. The molecule has 1 fully saturated rings. The van der Waals surface area contributed by atoms with Gasteiger partial charge in [0.25, 0.3) is 0 Å². The summed E-state index contributed by atoms with van der Waals surface area (Å²) in [6.07, 6.45) is 5.96. The molecule has 0 spiro atoms. The summed E-state index contributed by atoms with van der Waals surface area (Å²) >= 11 is 0. The van der Waals surface area contributed by atoms with Crippen LogP contribution in [-0.2, 0) is 0 Å². The van der Waals surface area contributed by atoms with Crippen LogP contribution < -0.4 is 10.1 Å². The SMILES string of the molecule is c1cncc(OC2CCCN2)c1. The van der Waals surface area contributed by atoms with E-state index in [9.17, 15) is 0 Å². The van der Waals surface area contributed by atoms with Gasteiger partial charge in [-0.25, -0.2) is 0 Å².